The molecule has 1 saturated carbocycles. The Morgan fingerprint density at radius 3 is 2.64 bits per heavy atom. The van der Waals surface area contributed by atoms with Crippen molar-refractivity contribution in [3.8, 4) is 0 Å². The quantitative estimate of drug-likeness (QED) is 0.444. The fourth-order valence-corrected chi connectivity index (χ4v) is 8.00. The van der Waals surface area contributed by atoms with Crippen LogP contribution < -0.4 is 16.0 Å². The van der Waals surface area contributed by atoms with Gasteiger partial charge in [-0.25, -0.2) is 0 Å². The van der Waals surface area contributed by atoms with E-state index in [9.17, 15) is 5.11 Å². The molecule has 5 aliphatic rings. The van der Waals surface area contributed by atoms with Gasteiger partial charge in [-0.3, -0.25) is 5.32 Å². The molecule has 0 spiro atoms. The highest BCUT2D eigenvalue weighted by Gasteiger charge is 2.59. The van der Waals surface area contributed by atoms with Gasteiger partial charge in [0.2, 0.25) is 0 Å². The SMILES string of the molecule is CC1C2C(=C3NC4C[C@@H](C)CCC4C3C1C(C)(C)NCO)NC1C=CCCC12. The van der Waals surface area contributed by atoms with Crippen molar-refractivity contribution in [2.24, 2.45) is 41.4 Å². The Morgan fingerprint density at radius 2 is 1.86 bits per heavy atom. The first-order valence-corrected chi connectivity index (χ1v) is 11.7. The molecular formula is C24H39N3O. The van der Waals surface area contributed by atoms with Crippen molar-refractivity contribution in [3.05, 3.63) is 23.5 Å². The van der Waals surface area contributed by atoms with Crippen LogP contribution in [0.2, 0.25) is 0 Å². The normalized spacial score (nSPS) is 47.0. The summed E-state index contributed by atoms with van der Waals surface area (Å²) in [6.45, 7) is 9.64. The van der Waals surface area contributed by atoms with Crippen molar-refractivity contribution in [3.63, 3.8) is 0 Å². The van der Waals surface area contributed by atoms with E-state index in [0.717, 1.165) is 17.8 Å². The highest BCUT2D eigenvalue weighted by atomic mass is 16.3. The molecule has 0 aromatic rings. The lowest BCUT2D eigenvalue weighted by molar-refractivity contribution is 0.0348. The van der Waals surface area contributed by atoms with Crippen molar-refractivity contribution in [1.29, 1.82) is 0 Å². The van der Waals surface area contributed by atoms with Crippen molar-refractivity contribution in [1.82, 2.24) is 16.0 Å². The van der Waals surface area contributed by atoms with E-state index >= 15 is 0 Å². The van der Waals surface area contributed by atoms with Crippen molar-refractivity contribution in [2.75, 3.05) is 6.73 Å². The third-order valence-electron chi connectivity index (χ3n) is 9.07. The van der Waals surface area contributed by atoms with Crippen molar-refractivity contribution >= 4 is 0 Å². The number of aliphatic hydroxyl groups is 1. The van der Waals surface area contributed by atoms with Gasteiger partial charge in [0, 0.05) is 40.9 Å². The van der Waals surface area contributed by atoms with Crippen LogP contribution >= 0.6 is 0 Å². The number of hydrogen-bond acceptors (Lipinski definition) is 4. The average molecular weight is 386 g/mol. The van der Waals surface area contributed by atoms with Crippen molar-refractivity contribution < 1.29 is 5.11 Å². The second-order valence-electron chi connectivity index (χ2n) is 11.0. The Balaban J connectivity index is 1.60. The Bertz CT molecular complexity index is 683. The lowest BCUT2D eigenvalue weighted by Crippen LogP contribution is -2.56. The molecule has 2 heterocycles. The van der Waals surface area contributed by atoms with E-state index in [0.29, 0.717) is 35.8 Å². The van der Waals surface area contributed by atoms with Gasteiger partial charge < -0.3 is 15.7 Å². The van der Waals surface area contributed by atoms with E-state index in [-0.39, 0.29) is 12.3 Å². The van der Waals surface area contributed by atoms with Crippen LogP contribution in [0, 0.1) is 41.4 Å². The van der Waals surface area contributed by atoms with Gasteiger partial charge in [-0.1, -0.05) is 32.4 Å². The molecule has 3 fully saturated rings. The van der Waals surface area contributed by atoms with Gasteiger partial charge in [0.15, 0.2) is 0 Å². The number of fused-ring (bicyclic) bond motifs is 6. The highest BCUT2D eigenvalue weighted by molar-refractivity contribution is 5.36. The molecule has 2 saturated heterocycles. The maximum absolute atomic E-state index is 9.74. The average Bonchev–Trinajstić information content (AvgIpc) is 3.20. The van der Waals surface area contributed by atoms with Crippen LogP contribution in [0.15, 0.2) is 23.5 Å². The van der Waals surface area contributed by atoms with Crippen LogP contribution in [-0.4, -0.2) is 29.5 Å². The zero-order valence-corrected chi connectivity index (χ0v) is 18.0. The molecule has 0 bridgehead atoms. The predicted octanol–water partition coefficient (Wildman–Crippen LogP) is 3.36. The van der Waals surface area contributed by atoms with Gasteiger partial charge in [-0.15, -0.1) is 0 Å². The van der Waals surface area contributed by atoms with Crippen LogP contribution in [0.5, 0.6) is 0 Å². The molecule has 0 aromatic heterocycles. The smallest absolute Gasteiger partial charge is 0.0935 e. The fraction of sp³-hybridized carbons (Fsp3) is 0.833. The Hall–Kier alpha value is -1.00. The van der Waals surface area contributed by atoms with Gasteiger partial charge >= 0.3 is 0 Å². The highest BCUT2D eigenvalue weighted by Crippen LogP contribution is 2.58. The number of aliphatic hydroxyl groups excluding tert-OH is 1. The molecule has 4 N–H and O–H groups in total. The minimum absolute atomic E-state index is 0.0606. The number of allylic oxidation sites excluding steroid dienone is 3. The van der Waals surface area contributed by atoms with Gasteiger partial charge in [-0.2, -0.15) is 0 Å². The standard InChI is InChI=1S/C24H39N3O/c1-13-9-10-16-18(11-13)27-23-20(16)21(24(3,4)25-12-28)14(2)19-15-7-5-6-8-17(15)26-22(19)23/h6,8,13-21,25-28H,5,7,9-12H2,1-4H3/t13-,14?,15?,16?,17?,18?,19?,20?,21?/m0/s1. The van der Waals surface area contributed by atoms with Crippen LogP contribution in [0.1, 0.15) is 59.8 Å². The summed E-state index contributed by atoms with van der Waals surface area (Å²) in [5, 5.41) is 21.3. The molecule has 5 rings (SSSR count). The van der Waals surface area contributed by atoms with E-state index in [4.69, 9.17) is 0 Å². The largest absolute Gasteiger partial charge is 0.384 e. The lowest BCUT2D eigenvalue weighted by atomic mass is 9.56. The molecule has 0 aromatic carbocycles. The minimum atomic E-state index is -0.0716. The van der Waals surface area contributed by atoms with E-state index in [1.54, 1.807) is 11.4 Å². The molecule has 2 aliphatic heterocycles. The first-order chi connectivity index (χ1) is 13.4. The summed E-state index contributed by atoms with van der Waals surface area (Å²) in [4.78, 5) is 0. The van der Waals surface area contributed by atoms with Crippen molar-refractivity contribution in [2.45, 2.75) is 77.4 Å². The summed E-state index contributed by atoms with van der Waals surface area (Å²) in [5.74, 6) is 4.67. The molecule has 4 heteroatoms. The molecule has 3 aliphatic carbocycles. The molecule has 4 nitrogen and oxygen atoms in total. The summed E-state index contributed by atoms with van der Waals surface area (Å²) >= 11 is 0. The molecule has 9 atom stereocenters. The van der Waals surface area contributed by atoms with Gasteiger partial charge in [0.1, 0.15) is 0 Å². The Morgan fingerprint density at radius 1 is 1.07 bits per heavy atom. The summed E-state index contributed by atoms with van der Waals surface area (Å²) < 4.78 is 0. The Labute approximate surface area is 170 Å². The summed E-state index contributed by atoms with van der Waals surface area (Å²) in [6.07, 6.45) is 11.3. The predicted molar refractivity (Wildman–Crippen MR) is 113 cm³/mol. The molecular weight excluding hydrogens is 346 g/mol. The lowest BCUT2D eigenvalue weighted by Gasteiger charge is -2.50. The third kappa shape index (κ3) is 2.70. The zero-order chi connectivity index (χ0) is 19.6. The summed E-state index contributed by atoms with van der Waals surface area (Å²) in [5.41, 5.74) is 3.03. The van der Waals surface area contributed by atoms with Gasteiger partial charge in [0.25, 0.3) is 0 Å². The molecule has 28 heavy (non-hydrogen) atoms. The van der Waals surface area contributed by atoms with Gasteiger partial charge in [0.05, 0.1) is 6.73 Å². The second kappa shape index (κ2) is 6.77. The summed E-state index contributed by atoms with van der Waals surface area (Å²) in [6, 6.07) is 1.15. The van der Waals surface area contributed by atoms with E-state index < -0.39 is 0 Å². The zero-order valence-electron chi connectivity index (χ0n) is 18.0. The molecule has 8 unspecified atom stereocenters. The topological polar surface area (TPSA) is 56.3 Å². The van der Waals surface area contributed by atoms with Crippen LogP contribution in [0.4, 0.5) is 0 Å². The number of nitrogens with one attached hydrogen (secondary N) is 3. The van der Waals surface area contributed by atoms with Crippen LogP contribution in [-0.2, 0) is 0 Å². The monoisotopic (exact) mass is 385 g/mol. The number of rotatable bonds is 3. The molecule has 0 radical (unpaired) electrons. The number of hydrogen-bond donors (Lipinski definition) is 4. The Kier molecular flexibility index (Phi) is 4.59. The first kappa shape index (κ1) is 19.0. The van der Waals surface area contributed by atoms with Crippen LogP contribution in [0.25, 0.3) is 0 Å². The first-order valence-electron chi connectivity index (χ1n) is 11.7. The van der Waals surface area contributed by atoms with E-state index in [1.807, 2.05) is 0 Å². The maximum Gasteiger partial charge on any atom is 0.0935 e. The van der Waals surface area contributed by atoms with Crippen LogP contribution in [0.3, 0.4) is 0 Å². The fourth-order valence-electron chi connectivity index (χ4n) is 8.00. The van der Waals surface area contributed by atoms with E-state index in [2.05, 4.69) is 55.8 Å². The second-order valence-corrected chi connectivity index (χ2v) is 11.0. The van der Waals surface area contributed by atoms with Gasteiger partial charge in [-0.05, 0) is 69.1 Å². The van der Waals surface area contributed by atoms with E-state index in [1.165, 1.54) is 32.1 Å². The minimum Gasteiger partial charge on any atom is -0.384 e. The summed E-state index contributed by atoms with van der Waals surface area (Å²) in [7, 11) is 0. The maximum atomic E-state index is 9.74. The molecule has 0 amide bonds. The third-order valence-corrected chi connectivity index (χ3v) is 9.07. The molecule has 156 valence electrons.